The fourth-order valence-electron chi connectivity index (χ4n) is 1.02. The Morgan fingerprint density at radius 3 is 2.07 bits per heavy atom. The van der Waals surface area contributed by atoms with Crippen molar-refractivity contribution in [2.75, 3.05) is 0 Å². The number of aliphatic hydroxyl groups is 1. The number of hydrogen-bond donors (Lipinski definition) is 1. The van der Waals surface area contributed by atoms with E-state index < -0.39 is 14.4 Å². The average molecular weight is 230 g/mol. The minimum atomic E-state index is -1.69. The molecular formula is C11H22O3Si. The molecule has 3 nitrogen and oxygen atoms in total. The first-order valence-electron chi connectivity index (χ1n) is 5.25. The second-order valence-corrected chi connectivity index (χ2v) is 9.46. The van der Waals surface area contributed by atoms with Crippen LogP contribution < -0.4 is 0 Å². The van der Waals surface area contributed by atoms with Crippen LogP contribution in [-0.2, 0) is 9.22 Å². The maximum atomic E-state index is 11.6. The molecule has 1 N–H and O–H groups in total. The van der Waals surface area contributed by atoms with Crippen LogP contribution in [0, 0.1) is 5.92 Å². The normalized spacial score (nSPS) is 15.5. The molecule has 1 unspecified atom stereocenters. The van der Waals surface area contributed by atoms with E-state index in [4.69, 9.17) is 4.43 Å². The molecule has 0 aliphatic carbocycles. The third kappa shape index (κ3) is 6.46. The highest BCUT2D eigenvalue weighted by Crippen LogP contribution is 2.10. The lowest BCUT2D eigenvalue weighted by atomic mass is 10.1. The second kappa shape index (κ2) is 5.46. The molecule has 0 radical (unpaired) electrons. The number of rotatable bonds is 5. The van der Waals surface area contributed by atoms with E-state index in [1.807, 2.05) is 33.5 Å². The molecule has 0 aliphatic rings. The number of aliphatic hydroxyl groups excluding tert-OH is 1. The summed E-state index contributed by atoms with van der Waals surface area (Å²) in [5, 5.41) is 9.44. The second-order valence-electron chi connectivity index (χ2n) is 5.00. The van der Waals surface area contributed by atoms with E-state index in [-0.39, 0.29) is 17.5 Å². The summed E-state index contributed by atoms with van der Waals surface area (Å²) in [6.07, 6.45) is 0.813. The molecule has 0 aromatic carbocycles. The van der Waals surface area contributed by atoms with Gasteiger partial charge in [0.05, 0.1) is 5.76 Å². The van der Waals surface area contributed by atoms with E-state index >= 15 is 0 Å². The minimum Gasteiger partial charge on any atom is -0.512 e. The third-order valence-corrected chi connectivity index (χ3v) is 2.87. The lowest BCUT2D eigenvalue weighted by Crippen LogP contribution is -2.34. The lowest BCUT2D eigenvalue weighted by molar-refractivity contribution is -0.120. The number of allylic oxidation sites excluding steroid dienone is 1. The Balaban J connectivity index is 4.41. The van der Waals surface area contributed by atoms with E-state index in [2.05, 4.69) is 0 Å². The zero-order valence-corrected chi connectivity index (χ0v) is 11.5. The standard InChI is InChI=1S/C11H22O3Si/c1-8(2)10(12)7-11(13)9(3)14-15(4,5)6/h7-9,12H,1-6H3. The van der Waals surface area contributed by atoms with Crippen molar-refractivity contribution in [2.45, 2.75) is 46.5 Å². The van der Waals surface area contributed by atoms with Crippen LogP contribution in [0.4, 0.5) is 0 Å². The summed E-state index contributed by atoms with van der Waals surface area (Å²) in [4.78, 5) is 11.6. The van der Waals surface area contributed by atoms with Gasteiger partial charge in [-0.1, -0.05) is 13.8 Å². The monoisotopic (exact) mass is 230 g/mol. The van der Waals surface area contributed by atoms with Crippen LogP contribution in [0.1, 0.15) is 20.8 Å². The summed E-state index contributed by atoms with van der Waals surface area (Å²) in [6, 6.07) is 0. The van der Waals surface area contributed by atoms with E-state index in [1.54, 1.807) is 6.92 Å². The van der Waals surface area contributed by atoms with Crippen molar-refractivity contribution in [3.05, 3.63) is 11.8 Å². The summed E-state index contributed by atoms with van der Waals surface area (Å²) < 4.78 is 5.61. The van der Waals surface area contributed by atoms with Crippen LogP contribution in [-0.4, -0.2) is 25.3 Å². The van der Waals surface area contributed by atoms with Gasteiger partial charge in [-0.3, -0.25) is 4.79 Å². The van der Waals surface area contributed by atoms with Gasteiger partial charge in [-0.05, 0) is 26.6 Å². The highest BCUT2D eigenvalue weighted by atomic mass is 28.4. The van der Waals surface area contributed by atoms with Crippen molar-refractivity contribution in [1.29, 1.82) is 0 Å². The highest BCUT2D eigenvalue weighted by molar-refractivity contribution is 6.69. The van der Waals surface area contributed by atoms with Gasteiger partial charge in [-0.25, -0.2) is 0 Å². The molecule has 0 amide bonds. The summed E-state index contributed by atoms with van der Waals surface area (Å²) >= 11 is 0. The van der Waals surface area contributed by atoms with Crippen molar-refractivity contribution in [2.24, 2.45) is 5.92 Å². The highest BCUT2D eigenvalue weighted by Gasteiger charge is 2.22. The molecule has 0 rings (SSSR count). The Bertz CT molecular complexity index is 251. The van der Waals surface area contributed by atoms with Crippen molar-refractivity contribution in [1.82, 2.24) is 0 Å². The molecule has 0 aromatic heterocycles. The molecule has 1 atom stereocenters. The van der Waals surface area contributed by atoms with Gasteiger partial charge < -0.3 is 9.53 Å². The predicted octanol–water partition coefficient (Wildman–Crippen LogP) is 2.89. The molecule has 15 heavy (non-hydrogen) atoms. The number of carbonyl (C=O) groups is 1. The SMILES string of the molecule is CC(C)C(O)=CC(=O)C(C)O[Si](C)(C)C. The zero-order valence-electron chi connectivity index (χ0n) is 10.5. The van der Waals surface area contributed by atoms with Gasteiger partial charge in [0.1, 0.15) is 6.10 Å². The largest absolute Gasteiger partial charge is 0.512 e. The fourth-order valence-corrected chi connectivity index (χ4v) is 2.19. The van der Waals surface area contributed by atoms with Gasteiger partial charge in [0.2, 0.25) is 0 Å². The molecule has 0 bridgehead atoms. The van der Waals surface area contributed by atoms with Crippen LogP contribution in [0.5, 0.6) is 0 Å². The molecule has 0 fully saturated rings. The van der Waals surface area contributed by atoms with Crippen molar-refractivity contribution >= 4 is 14.1 Å². The Morgan fingerprint density at radius 2 is 1.73 bits per heavy atom. The third-order valence-electron chi connectivity index (χ3n) is 1.81. The average Bonchev–Trinajstić information content (AvgIpc) is 2.00. The molecule has 4 heteroatoms. The van der Waals surface area contributed by atoms with Crippen molar-refractivity contribution in [3.63, 3.8) is 0 Å². The van der Waals surface area contributed by atoms with Gasteiger partial charge in [-0.15, -0.1) is 0 Å². The number of ketones is 1. The van der Waals surface area contributed by atoms with Gasteiger partial charge in [-0.2, -0.15) is 0 Å². The van der Waals surface area contributed by atoms with Gasteiger partial charge in [0, 0.05) is 12.0 Å². The summed E-state index contributed by atoms with van der Waals surface area (Å²) in [6.45, 7) is 11.5. The Labute approximate surface area is 93.3 Å². The van der Waals surface area contributed by atoms with E-state index in [1.165, 1.54) is 6.08 Å². The minimum absolute atomic E-state index is 0.0203. The summed E-state index contributed by atoms with van der Waals surface area (Å²) in [5.41, 5.74) is 0. The van der Waals surface area contributed by atoms with Crippen LogP contribution in [0.2, 0.25) is 19.6 Å². The first-order chi connectivity index (χ1) is 6.63. The van der Waals surface area contributed by atoms with Crippen LogP contribution in [0.15, 0.2) is 11.8 Å². The molecule has 88 valence electrons. The Kier molecular flexibility index (Phi) is 5.24. The van der Waals surface area contributed by atoms with E-state index in [0.717, 1.165) is 0 Å². The first-order valence-corrected chi connectivity index (χ1v) is 8.66. The smallest absolute Gasteiger partial charge is 0.186 e. The fraction of sp³-hybridized carbons (Fsp3) is 0.727. The first kappa shape index (κ1) is 14.4. The van der Waals surface area contributed by atoms with E-state index in [0.29, 0.717) is 0 Å². The number of carbonyl (C=O) groups excluding carboxylic acids is 1. The van der Waals surface area contributed by atoms with Gasteiger partial charge in [0.25, 0.3) is 0 Å². The van der Waals surface area contributed by atoms with Crippen molar-refractivity contribution < 1.29 is 14.3 Å². The molecule has 0 saturated heterocycles. The van der Waals surface area contributed by atoms with E-state index in [9.17, 15) is 9.90 Å². The van der Waals surface area contributed by atoms with Crippen LogP contribution in [0.25, 0.3) is 0 Å². The molecule has 0 aromatic rings. The summed E-state index contributed by atoms with van der Waals surface area (Å²) in [5.74, 6) is -0.0670. The predicted molar refractivity (Wildman–Crippen MR) is 64.4 cm³/mol. The molecule has 0 heterocycles. The topological polar surface area (TPSA) is 46.5 Å². The molecule has 0 aliphatic heterocycles. The Hall–Kier alpha value is -0.613. The van der Waals surface area contributed by atoms with Gasteiger partial charge >= 0.3 is 0 Å². The maximum absolute atomic E-state index is 11.6. The van der Waals surface area contributed by atoms with Gasteiger partial charge in [0.15, 0.2) is 14.1 Å². The maximum Gasteiger partial charge on any atom is 0.186 e. The van der Waals surface area contributed by atoms with Crippen LogP contribution >= 0.6 is 0 Å². The lowest BCUT2D eigenvalue weighted by Gasteiger charge is -2.21. The zero-order chi connectivity index (χ0) is 12.2. The quantitative estimate of drug-likeness (QED) is 0.449. The molecule has 0 saturated carbocycles. The van der Waals surface area contributed by atoms with Crippen LogP contribution in [0.3, 0.4) is 0 Å². The number of hydrogen-bond acceptors (Lipinski definition) is 3. The molecule has 0 spiro atoms. The van der Waals surface area contributed by atoms with Crippen molar-refractivity contribution in [3.8, 4) is 0 Å². The summed E-state index contributed by atoms with van der Waals surface area (Å²) in [7, 11) is -1.69. The Morgan fingerprint density at radius 1 is 1.27 bits per heavy atom. The molecular weight excluding hydrogens is 208 g/mol.